The van der Waals surface area contributed by atoms with Crippen molar-refractivity contribution >= 4 is 0 Å². The number of pyridine rings is 1. The van der Waals surface area contributed by atoms with E-state index in [1.54, 1.807) is 12.3 Å². The van der Waals surface area contributed by atoms with Gasteiger partial charge in [-0.05, 0) is 73.7 Å². The summed E-state index contributed by atoms with van der Waals surface area (Å²) in [6, 6.07) is 3.47. The number of H-pyrrole nitrogens is 1. The van der Waals surface area contributed by atoms with Crippen LogP contribution in [0.3, 0.4) is 0 Å². The van der Waals surface area contributed by atoms with Crippen molar-refractivity contribution in [3.05, 3.63) is 34.2 Å². The van der Waals surface area contributed by atoms with Crippen LogP contribution in [0.15, 0.2) is 23.1 Å². The maximum absolute atomic E-state index is 11.6. The summed E-state index contributed by atoms with van der Waals surface area (Å²) < 4.78 is 6.48. The summed E-state index contributed by atoms with van der Waals surface area (Å²) in [4.78, 5) is 14.4. The molecule has 4 saturated carbocycles. The molecule has 2 heterocycles. The first-order valence-electron chi connectivity index (χ1n) is 11.5. The maximum atomic E-state index is 11.6. The van der Waals surface area contributed by atoms with E-state index in [1.165, 1.54) is 12.8 Å². The summed E-state index contributed by atoms with van der Waals surface area (Å²) >= 11 is 0. The molecule has 5 aliphatic rings. The van der Waals surface area contributed by atoms with E-state index >= 15 is 0 Å². The van der Waals surface area contributed by atoms with Crippen molar-refractivity contribution < 1.29 is 14.9 Å². The van der Waals surface area contributed by atoms with Gasteiger partial charge < -0.3 is 19.9 Å². The summed E-state index contributed by atoms with van der Waals surface area (Å²) in [5.41, 5.74) is 0.898. The number of epoxide rings is 1. The Hall–Kier alpha value is -1.17. The van der Waals surface area contributed by atoms with Gasteiger partial charge in [0.2, 0.25) is 5.56 Å². The van der Waals surface area contributed by atoms with Gasteiger partial charge in [-0.2, -0.15) is 0 Å². The van der Waals surface area contributed by atoms with Crippen molar-refractivity contribution in [2.24, 2.45) is 28.6 Å². The molecule has 0 radical (unpaired) electrons. The summed E-state index contributed by atoms with van der Waals surface area (Å²) in [6.07, 6.45) is 8.62. The highest BCUT2D eigenvalue weighted by Gasteiger charge is 2.83. The van der Waals surface area contributed by atoms with Crippen LogP contribution in [0.2, 0.25) is 0 Å². The lowest BCUT2D eigenvalue weighted by molar-refractivity contribution is -0.143. The first-order chi connectivity index (χ1) is 13.8. The van der Waals surface area contributed by atoms with Crippen LogP contribution in [0.1, 0.15) is 70.3 Å². The Balaban J connectivity index is 1.38. The molecule has 0 aromatic carbocycles. The number of hydrogen-bond donors (Lipinski definition) is 3. The third kappa shape index (κ3) is 2.14. The average Bonchev–Trinajstić information content (AvgIpc) is 3.40. The SMILES string of the molecule is C[C@]12CC[C@H](O)C[C@H]1CC[C@@H]1[C@@H]2CC[C@]2(C)[C@@H](c3ccc(=O)[nH]c3)[C@@H](O)[C@H]3O[C@]132. The van der Waals surface area contributed by atoms with Gasteiger partial charge in [-0.25, -0.2) is 0 Å². The number of nitrogens with one attached hydrogen (secondary N) is 1. The van der Waals surface area contributed by atoms with E-state index in [2.05, 4.69) is 18.8 Å². The number of rotatable bonds is 1. The van der Waals surface area contributed by atoms with Crippen LogP contribution < -0.4 is 5.56 Å². The molecule has 1 spiro atoms. The van der Waals surface area contributed by atoms with Crippen molar-refractivity contribution in [1.29, 1.82) is 0 Å². The molecule has 1 aromatic heterocycles. The molecule has 0 bridgehead atoms. The van der Waals surface area contributed by atoms with Crippen molar-refractivity contribution in [2.45, 2.75) is 88.6 Å². The molecule has 10 atom stereocenters. The molecule has 5 heteroatoms. The fraction of sp³-hybridized carbons (Fsp3) is 0.792. The van der Waals surface area contributed by atoms with E-state index in [0.29, 0.717) is 17.8 Å². The molecular formula is C24H33NO4. The van der Waals surface area contributed by atoms with Crippen LogP contribution in [0.4, 0.5) is 0 Å². The van der Waals surface area contributed by atoms with Crippen molar-refractivity contribution in [2.75, 3.05) is 0 Å². The summed E-state index contributed by atoms with van der Waals surface area (Å²) in [5.74, 6) is 1.74. The highest BCUT2D eigenvalue weighted by molar-refractivity contribution is 5.38. The molecule has 5 fully saturated rings. The fourth-order valence-corrected chi connectivity index (χ4v) is 8.88. The number of ether oxygens (including phenoxy) is 1. The molecule has 1 saturated heterocycles. The second kappa shape index (κ2) is 5.74. The summed E-state index contributed by atoms with van der Waals surface area (Å²) in [7, 11) is 0. The quantitative estimate of drug-likeness (QED) is 0.634. The van der Waals surface area contributed by atoms with Gasteiger partial charge >= 0.3 is 0 Å². The van der Waals surface area contributed by atoms with E-state index in [4.69, 9.17) is 4.74 Å². The highest BCUT2D eigenvalue weighted by Crippen LogP contribution is 2.77. The molecule has 29 heavy (non-hydrogen) atoms. The fourth-order valence-electron chi connectivity index (χ4n) is 8.88. The molecule has 1 aliphatic heterocycles. The second-order valence-electron chi connectivity index (χ2n) is 11.2. The van der Waals surface area contributed by atoms with Crippen LogP contribution in [-0.4, -0.2) is 39.1 Å². The molecule has 0 unspecified atom stereocenters. The minimum atomic E-state index is -0.511. The topological polar surface area (TPSA) is 85.8 Å². The molecular weight excluding hydrogens is 366 g/mol. The number of fused-ring (bicyclic) bond motifs is 3. The first-order valence-corrected chi connectivity index (χ1v) is 11.5. The third-order valence-corrected chi connectivity index (χ3v) is 10.3. The number of aliphatic hydroxyl groups excluding tert-OH is 2. The Labute approximate surface area is 171 Å². The predicted octanol–water partition coefficient (Wildman–Crippen LogP) is 2.96. The number of hydrogen-bond acceptors (Lipinski definition) is 4. The minimum absolute atomic E-state index is 0.0118. The van der Waals surface area contributed by atoms with Gasteiger partial charge in [0.25, 0.3) is 0 Å². The monoisotopic (exact) mass is 399 g/mol. The summed E-state index contributed by atoms with van der Waals surface area (Å²) in [6.45, 7) is 4.80. The zero-order chi connectivity index (χ0) is 20.2. The van der Waals surface area contributed by atoms with E-state index in [-0.39, 0.29) is 40.1 Å². The van der Waals surface area contributed by atoms with Crippen LogP contribution in [0.5, 0.6) is 0 Å². The average molecular weight is 400 g/mol. The Kier molecular flexibility index (Phi) is 3.68. The van der Waals surface area contributed by atoms with Gasteiger partial charge in [0.1, 0.15) is 11.7 Å². The van der Waals surface area contributed by atoms with Crippen LogP contribution >= 0.6 is 0 Å². The van der Waals surface area contributed by atoms with Crippen LogP contribution in [0, 0.1) is 28.6 Å². The maximum Gasteiger partial charge on any atom is 0.247 e. The lowest BCUT2D eigenvalue weighted by atomic mass is 9.44. The van der Waals surface area contributed by atoms with E-state index in [9.17, 15) is 15.0 Å². The largest absolute Gasteiger partial charge is 0.393 e. The van der Waals surface area contributed by atoms with Gasteiger partial charge in [-0.1, -0.05) is 19.9 Å². The zero-order valence-corrected chi connectivity index (χ0v) is 17.4. The Bertz CT molecular complexity index is 879. The standard InChI is InChI=1S/C24H33NO4/c1-22-9-7-15(26)11-14(22)4-5-17-16(22)8-10-23(2)19(13-3-6-18(27)25-12-13)20(28)21-24(17,23)29-21/h3,6,12,14-17,19-21,26,28H,4-5,7-11H2,1-2H3,(H,25,27)/t14-,15+,16+,17-,19+,20-,21-,22+,23-,24-/m1/s1. The van der Waals surface area contributed by atoms with E-state index < -0.39 is 6.10 Å². The van der Waals surface area contributed by atoms with Gasteiger partial charge in [-0.3, -0.25) is 4.79 Å². The predicted molar refractivity (Wildman–Crippen MR) is 108 cm³/mol. The molecule has 3 N–H and O–H groups in total. The normalized spacial score (nSPS) is 55.4. The molecule has 1 aromatic rings. The van der Waals surface area contributed by atoms with Crippen molar-refractivity contribution in [3.63, 3.8) is 0 Å². The Morgan fingerprint density at radius 2 is 1.90 bits per heavy atom. The number of aliphatic hydroxyl groups is 2. The third-order valence-electron chi connectivity index (χ3n) is 10.3. The zero-order valence-electron chi connectivity index (χ0n) is 17.4. The summed E-state index contributed by atoms with van der Waals surface area (Å²) in [5, 5.41) is 21.5. The van der Waals surface area contributed by atoms with Crippen molar-refractivity contribution in [3.8, 4) is 0 Å². The Morgan fingerprint density at radius 1 is 1.07 bits per heavy atom. The second-order valence-corrected chi connectivity index (χ2v) is 11.2. The smallest absolute Gasteiger partial charge is 0.247 e. The van der Waals surface area contributed by atoms with E-state index in [0.717, 1.165) is 37.7 Å². The first kappa shape index (κ1) is 18.6. The number of aromatic nitrogens is 1. The lowest BCUT2D eigenvalue weighted by Gasteiger charge is -2.61. The highest BCUT2D eigenvalue weighted by atomic mass is 16.6. The van der Waals surface area contributed by atoms with Gasteiger partial charge in [0.05, 0.1) is 12.2 Å². The van der Waals surface area contributed by atoms with Gasteiger partial charge in [0, 0.05) is 23.6 Å². The molecule has 0 amide bonds. The van der Waals surface area contributed by atoms with Crippen LogP contribution in [-0.2, 0) is 4.74 Å². The number of aromatic amines is 1. The minimum Gasteiger partial charge on any atom is -0.393 e. The molecule has 158 valence electrons. The molecule has 5 nitrogen and oxygen atoms in total. The lowest BCUT2D eigenvalue weighted by Crippen LogP contribution is -2.58. The van der Waals surface area contributed by atoms with Crippen molar-refractivity contribution in [1.82, 2.24) is 4.98 Å². The molecule has 4 aliphatic carbocycles. The van der Waals surface area contributed by atoms with E-state index in [1.807, 2.05) is 6.07 Å². The van der Waals surface area contributed by atoms with Gasteiger partial charge in [0.15, 0.2) is 0 Å². The molecule has 6 rings (SSSR count). The van der Waals surface area contributed by atoms with Crippen LogP contribution in [0.25, 0.3) is 0 Å². The Morgan fingerprint density at radius 3 is 2.66 bits per heavy atom. The van der Waals surface area contributed by atoms with Gasteiger partial charge in [-0.15, -0.1) is 0 Å².